The Kier molecular flexibility index (Phi) is 4.56. The Hall–Kier alpha value is -3.48. The second-order valence-corrected chi connectivity index (χ2v) is 5.31. The first-order valence-electron chi connectivity index (χ1n) is 7.56. The van der Waals surface area contributed by atoms with Crippen LogP contribution in [0.25, 0.3) is 10.8 Å². The van der Waals surface area contributed by atoms with E-state index in [0.29, 0.717) is 16.5 Å². The summed E-state index contributed by atoms with van der Waals surface area (Å²) in [4.78, 5) is 24.2. The number of methoxy groups -OCH3 is 1. The van der Waals surface area contributed by atoms with Crippen molar-refractivity contribution in [1.29, 1.82) is 0 Å². The summed E-state index contributed by atoms with van der Waals surface area (Å²) in [7, 11) is 1.59. The van der Waals surface area contributed by atoms with Crippen molar-refractivity contribution in [3.63, 3.8) is 0 Å². The molecule has 3 rings (SSSR count). The average molecular weight is 336 g/mol. The van der Waals surface area contributed by atoms with E-state index in [1.54, 1.807) is 38.3 Å². The lowest BCUT2D eigenvalue weighted by atomic mass is 10.1. The van der Waals surface area contributed by atoms with E-state index in [1.165, 1.54) is 0 Å². The van der Waals surface area contributed by atoms with Gasteiger partial charge in [-0.05, 0) is 42.8 Å². The van der Waals surface area contributed by atoms with Crippen LogP contribution in [0.1, 0.15) is 23.0 Å². The van der Waals surface area contributed by atoms with Gasteiger partial charge in [0.15, 0.2) is 5.69 Å². The number of hydrogen-bond donors (Lipinski definition) is 2. The van der Waals surface area contributed by atoms with E-state index in [-0.39, 0.29) is 11.3 Å². The third-order valence-electron chi connectivity index (χ3n) is 3.74. The Morgan fingerprint density at radius 2 is 1.80 bits per heavy atom. The van der Waals surface area contributed by atoms with Crippen molar-refractivity contribution >= 4 is 22.4 Å². The fraction of sp³-hybridized carbons (Fsp3) is 0.111. The highest BCUT2D eigenvalue weighted by Gasteiger charge is 2.13. The summed E-state index contributed by atoms with van der Waals surface area (Å²) in [5.41, 5.74) is 3.72. The van der Waals surface area contributed by atoms with Crippen LogP contribution >= 0.6 is 0 Å². The smallest absolute Gasteiger partial charge is 0.292 e. The third kappa shape index (κ3) is 3.40. The maximum Gasteiger partial charge on any atom is 0.292 e. The number of aromatic amines is 1. The first-order valence-corrected chi connectivity index (χ1v) is 7.56. The first-order chi connectivity index (χ1) is 12.1. The number of fused-ring (bicyclic) bond motifs is 1. The second kappa shape index (κ2) is 6.96. The van der Waals surface area contributed by atoms with Crippen LogP contribution in [-0.2, 0) is 0 Å². The van der Waals surface area contributed by atoms with E-state index in [4.69, 9.17) is 4.74 Å². The summed E-state index contributed by atoms with van der Waals surface area (Å²) in [5, 5.41) is 11.1. The predicted molar refractivity (Wildman–Crippen MR) is 95.0 cm³/mol. The standard InChI is InChI=1S/C18H16N4O3/c1-11(12-7-9-13(25-2)10-8-12)19-22-18(24)16-14-5-3-4-6-15(14)17(23)21-20-16/h3-10H,1-2H3,(H,21,23)(H,22,24)/b19-11-. The average Bonchev–Trinajstić information content (AvgIpc) is 2.66. The lowest BCUT2D eigenvalue weighted by molar-refractivity contribution is 0.0950. The lowest BCUT2D eigenvalue weighted by Gasteiger charge is -2.05. The largest absolute Gasteiger partial charge is 0.497 e. The number of hydrogen-bond acceptors (Lipinski definition) is 5. The van der Waals surface area contributed by atoms with Gasteiger partial charge in [0, 0.05) is 5.39 Å². The summed E-state index contributed by atoms with van der Waals surface area (Å²) in [6.07, 6.45) is 0. The quantitative estimate of drug-likeness (QED) is 0.563. The number of nitrogens with zero attached hydrogens (tertiary/aromatic N) is 2. The van der Waals surface area contributed by atoms with Gasteiger partial charge in [-0.3, -0.25) is 9.59 Å². The maximum atomic E-state index is 12.4. The van der Waals surface area contributed by atoms with E-state index in [2.05, 4.69) is 20.7 Å². The molecule has 0 fully saturated rings. The minimum atomic E-state index is -0.500. The fourth-order valence-corrected chi connectivity index (χ4v) is 2.37. The SMILES string of the molecule is COc1ccc(/C(C)=N\NC(=O)c2n[nH]c(=O)c3ccccc23)cc1. The third-order valence-corrected chi connectivity index (χ3v) is 3.74. The van der Waals surface area contributed by atoms with Crippen molar-refractivity contribution in [2.75, 3.05) is 7.11 Å². The van der Waals surface area contributed by atoms with E-state index >= 15 is 0 Å². The molecule has 2 aromatic carbocycles. The number of amides is 1. The van der Waals surface area contributed by atoms with Gasteiger partial charge in [0.05, 0.1) is 18.2 Å². The first kappa shape index (κ1) is 16.4. The Balaban J connectivity index is 1.85. The predicted octanol–water partition coefficient (Wildman–Crippen LogP) is 2.09. The Bertz CT molecular complexity index is 1010. The van der Waals surface area contributed by atoms with Crippen LogP contribution in [0.15, 0.2) is 58.4 Å². The summed E-state index contributed by atoms with van der Waals surface area (Å²) >= 11 is 0. The molecule has 0 spiro atoms. The van der Waals surface area contributed by atoms with Crippen molar-refractivity contribution in [1.82, 2.24) is 15.6 Å². The van der Waals surface area contributed by atoms with Crippen molar-refractivity contribution in [3.8, 4) is 5.75 Å². The molecule has 0 saturated heterocycles. The zero-order chi connectivity index (χ0) is 17.8. The molecule has 0 aliphatic rings. The normalized spacial score (nSPS) is 11.4. The monoisotopic (exact) mass is 336 g/mol. The highest BCUT2D eigenvalue weighted by Crippen LogP contribution is 2.13. The lowest BCUT2D eigenvalue weighted by Crippen LogP contribution is -2.23. The molecule has 3 aromatic rings. The molecular weight excluding hydrogens is 320 g/mol. The second-order valence-electron chi connectivity index (χ2n) is 5.31. The summed E-state index contributed by atoms with van der Waals surface area (Å²) in [5.74, 6) is 0.241. The number of rotatable bonds is 4. The number of H-pyrrole nitrogens is 1. The molecule has 0 bridgehead atoms. The maximum absolute atomic E-state index is 12.4. The van der Waals surface area contributed by atoms with Gasteiger partial charge in [-0.1, -0.05) is 18.2 Å². The molecule has 126 valence electrons. The number of ether oxygens (including phenoxy) is 1. The van der Waals surface area contributed by atoms with Crippen molar-refractivity contribution in [2.24, 2.45) is 5.10 Å². The van der Waals surface area contributed by atoms with E-state index in [9.17, 15) is 9.59 Å². The van der Waals surface area contributed by atoms with Gasteiger partial charge in [-0.15, -0.1) is 0 Å². The van der Waals surface area contributed by atoms with Gasteiger partial charge in [0.25, 0.3) is 11.5 Å². The topological polar surface area (TPSA) is 96.4 Å². The molecule has 0 aliphatic carbocycles. The number of benzene rings is 2. The highest BCUT2D eigenvalue weighted by molar-refractivity contribution is 6.06. The van der Waals surface area contributed by atoms with Gasteiger partial charge in [-0.2, -0.15) is 10.2 Å². The molecule has 2 N–H and O–H groups in total. The molecule has 1 aromatic heterocycles. The van der Waals surface area contributed by atoms with E-state index < -0.39 is 5.91 Å². The summed E-state index contributed by atoms with van der Waals surface area (Å²) in [6, 6.07) is 14.1. The number of carbonyl (C=O) groups excluding carboxylic acids is 1. The molecule has 0 unspecified atom stereocenters. The molecule has 7 heteroatoms. The van der Waals surface area contributed by atoms with Gasteiger partial charge < -0.3 is 4.74 Å². The van der Waals surface area contributed by atoms with Gasteiger partial charge in [-0.25, -0.2) is 10.5 Å². The number of carbonyl (C=O) groups is 1. The summed E-state index contributed by atoms with van der Waals surface area (Å²) < 4.78 is 5.11. The van der Waals surface area contributed by atoms with Crippen LogP contribution < -0.4 is 15.7 Å². The molecule has 0 saturated carbocycles. The molecule has 7 nitrogen and oxygen atoms in total. The van der Waals surface area contributed by atoms with Crippen LogP contribution in [0.3, 0.4) is 0 Å². The van der Waals surface area contributed by atoms with Crippen LogP contribution in [0.2, 0.25) is 0 Å². The van der Waals surface area contributed by atoms with Crippen LogP contribution in [-0.4, -0.2) is 28.9 Å². The van der Waals surface area contributed by atoms with Gasteiger partial charge in [0.1, 0.15) is 5.75 Å². The number of hydrazone groups is 1. The van der Waals surface area contributed by atoms with Gasteiger partial charge in [0.2, 0.25) is 0 Å². The molecule has 0 aliphatic heterocycles. The van der Waals surface area contributed by atoms with Crippen LogP contribution in [0.5, 0.6) is 5.75 Å². The molecule has 1 amide bonds. The van der Waals surface area contributed by atoms with Crippen molar-refractivity contribution in [3.05, 3.63) is 70.1 Å². The minimum absolute atomic E-state index is 0.112. The van der Waals surface area contributed by atoms with Crippen molar-refractivity contribution in [2.45, 2.75) is 6.92 Å². The number of aromatic nitrogens is 2. The molecule has 0 radical (unpaired) electrons. The zero-order valence-electron chi connectivity index (χ0n) is 13.7. The zero-order valence-corrected chi connectivity index (χ0v) is 13.7. The van der Waals surface area contributed by atoms with Crippen LogP contribution in [0, 0.1) is 0 Å². The van der Waals surface area contributed by atoms with E-state index in [0.717, 1.165) is 11.3 Å². The Labute approximate surface area is 143 Å². The highest BCUT2D eigenvalue weighted by atomic mass is 16.5. The molecule has 25 heavy (non-hydrogen) atoms. The van der Waals surface area contributed by atoms with Crippen LogP contribution in [0.4, 0.5) is 0 Å². The molecule has 0 atom stereocenters. The van der Waals surface area contributed by atoms with Crippen molar-refractivity contribution < 1.29 is 9.53 Å². The molecular formula is C18H16N4O3. The van der Waals surface area contributed by atoms with E-state index in [1.807, 2.05) is 24.3 Å². The fourth-order valence-electron chi connectivity index (χ4n) is 2.37. The molecule has 1 heterocycles. The Morgan fingerprint density at radius 3 is 2.48 bits per heavy atom. The Morgan fingerprint density at radius 1 is 1.12 bits per heavy atom. The summed E-state index contributed by atoms with van der Waals surface area (Å²) in [6.45, 7) is 1.78. The number of nitrogens with one attached hydrogen (secondary N) is 2. The van der Waals surface area contributed by atoms with Gasteiger partial charge >= 0.3 is 0 Å². The minimum Gasteiger partial charge on any atom is -0.497 e.